The fourth-order valence-corrected chi connectivity index (χ4v) is 2.18. The van der Waals surface area contributed by atoms with E-state index in [9.17, 15) is 4.79 Å². The second kappa shape index (κ2) is 4.75. The van der Waals surface area contributed by atoms with Crippen molar-refractivity contribution in [2.24, 2.45) is 0 Å². The van der Waals surface area contributed by atoms with Crippen LogP contribution in [0, 0.1) is 0 Å². The molecule has 3 N–H and O–H groups in total. The lowest BCUT2D eigenvalue weighted by molar-refractivity contribution is -0.123. The highest BCUT2D eigenvalue weighted by atomic mass is 16.2. The number of hydrogen-bond acceptors (Lipinski definition) is 3. The van der Waals surface area contributed by atoms with Crippen LogP contribution >= 0.6 is 0 Å². The number of carbonyl (C=O) groups is 1. The molecule has 0 radical (unpaired) electrons. The lowest BCUT2D eigenvalue weighted by atomic mass is 10.1. The number of rotatable bonds is 2. The summed E-state index contributed by atoms with van der Waals surface area (Å²) >= 11 is 0. The van der Waals surface area contributed by atoms with Gasteiger partial charge in [-0.3, -0.25) is 4.79 Å². The van der Waals surface area contributed by atoms with Gasteiger partial charge in [0.25, 0.3) is 0 Å². The lowest BCUT2D eigenvalue weighted by Crippen LogP contribution is -2.48. The molecule has 80 valence electrons. The molecule has 2 heterocycles. The molecule has 1 atom stereocenters. The molecule has 2 aliphatic rings. The maximum atomic E-state index is 11.7. The van der Waals surface area contributed by atoms with Gasteiger partial charge in [-0.25, -0.2) is 0 Å². The molecule has 2 saturated heterocycles. The molecular weight excluding hydrogens is 178 g/mol. The van der Waals surface area contributed by atoms with E-state index in [0.717, 1.165) is 45.3 Å². The van der Waals surface area contributed by atoms with Gasteiger partial charge in [-0.15, -0.1) is 0 Å². The Labute approximate surface area is 84.8 Å². The molecule has 0 unspecified atom stereocenters. The van der Waals surface area contributed by atoms with Crippen LogP contribution in [0.4, 0.5) is 0 Å². The highest BCUT2D eigenvalue weighted by molar-refractivity contribution is 5.82. The summed E-state index contributed by atoms with van der Waals surface area (Å²) in [5, 5.41) is 9.63. The van der Waals surface area contributed by atoms with Gasteiger partial charge < -0.3 is 16.0 Å². The third kappa shape index (κ3) is 2.45. The normalized spacial score (nSPS) is 29.0. The minimum Gasteiger partial charge on any atom is -0.352 e. The van der Waals surface area contributed by atoms with Crippen molar-refractivity contribution >= 4 is 5.91 Å². The van der Waals surface area contributed by atoms with E-state index in [-0.39, 0.29) is 11.9 Å². The fourth-order valence-electron chi connectivity index (χ4n) is 2.18. The first kappa shape index (κ1) is 9.93. The van der Waals surface area contributed by atoms with Crippen LogP contribution in [0.5, 0.6) is 0 Å². The quantitative estimate of drug-likeness (QED) is 0.565. The Morgan fingerprint density at radius 3 is 2.57 bits per heavy atom. The molecule has 1 amide bonds. The maximum Gasteiger partial charge on any atom is 0.237 e. The molecule has 2 fully saturated rings. The Kier molecular flexibility index (Phi) is 3.37. The lowest BCUT2D eigenvalue weighted by Gasteiger charge is -2.25. The van der Waals surface area contributed by atoms with E-state index in [2.05, 4.69) is 16.0 Å². The Morgan fingerprint density at radius 1 is 1.14 bits per heavy atom. The predicted octanol–water partition coefficient (Wildman–Crippen LogP) is -0.393. The Morgan fingerprint density at radius 2 is 1.93 bits per heavy atom. The van der Waals surface area contributed by atoms with E-state index < -0.39 is 0 Å². The molecule has 0 spiro atoms. The maximum absolute atomic E-state index is 11.7. The molecule has 0 bridgehead atoms. The molecule has 0 aromatic rings. The van der Waals surface area contributed by atoms with Crippen molar-refractivity contribution < 1.29 is 4.79 Å². The van der Waals surface area contributed by atoms with E-state index in [4.69, 9.17) is 0 Å². The molecule has 0 aromatic carbocycles. The molecule has 0 aliphatic carbocycles. The largest absolute Gasteiger partial charge is 0.352 e. The standard InChI is InChI=1S/C10H19N3O/c14-10(9-2-1-5-12-9)13-8-3-6-11-7-4-8/h8-9,11-12H,1-7H2,(H,13,14)/t9-/m1/s1. The van der Waals surface area contributed by atoms with Gasteiger partial charge in [0, 0.05) is 6.04 Å². The Balaban J connectivity index is 1.75. The van der Waals surface area contributed by atoms with Gasteiger partial charge in [-0.1, -0.05) is 0 Å². The summed E-state index contributed by atoms with van der Waals surface area (Å²) in [5.41, 5.74) is 0. The molecule has 2 aliphatic heterocycles. The summed E-state index contributed by atoms with van der Waals surface area (Å²) in [4.78, 5) is 11.7. The molecule has 0 aromatic heterocycles. The smallest absolute Gasteiger partial charge is 0.237 e. The van der Waals surface area contributed by atoms with Gasteiger partial charge in [-0.2, -0.15) is 0 Å². The van der Waals surface area contributed by atoms with Crippen LogP contribution < -0.4 is 16.0 Å². The summed E-state index contributed by atoms with van der Waals surface area (Å²) in [6.45, 7) is 3.05. The second-order valence-corrected chi connectivity index (χ2v) is 4.18. The van der Waals surface area contributed by atoms with Crippen LogP contribution in [-0.4, -0.2) is 37.6 Å². The summed E-state index contributed by atoms with van der Waals surface area (Å²) in [7, 11) is 0. The fraction of sp³-hybridized carbons (Fsp3) is 0.900. The summed E-state index contributed by atoms with van der Waals surface area (Å²) < 4.78 is 0. The van der Waals surface area contributed by atoms with Gasteiger partial charge in [-0.05, 0) is 45.3 Å². The number of nitrogens with one attached hydrogen (secondary N) is 3. The Bertz CT molecular complexity index is 196. The van der Waals surface area contributed by atoms with Crippen LogP contribution in [0.25, 0.3) is 0 Å². The van der Waals surface area contributed by atoms with Crippen LogP contribution in [0.3, 0.4) is 0 Å². The van der Waals surface area contributed by atoms with E-state index in [1.54, 1.807) is 0 Å². The van der Waals surface area contributed by atoms with Crippen molar-refractivity contribution in [1.29, 1.82) is 0 Å². The SMILES string of the molecule is O=C(NC1CCNCC1)[C@H]1CCCN1. The zero-order valence-electron chi connectivity index (χ0n) is 8.51. The van der Waals surface area contributed by atoms with Gasteiger partial charge in [0.05, 0.1) is 6.04 Å². The third-order valence-corrected chi connectivity index (χ3v) is 3.06. The van der Waals surface area contributed by atoms with Crippen LogP contribution in [0.2, 0.25) is 0 Å². The average Bonchev–Trinajstić information content (AvgIpc) is 2.72. The molecule has 4 nitrogen and oxygen atoms in total. The number of piperidine rings is 1. The Hall–Kier alpha value is -0.610. The van der Waals surface area contributed by atoms with Crippen LogP contribution in [0.1, 0.15) is 25.7 Å². The van der Waals surface area contributed by atoms with Crippen molar-refractivity contribution in [2.45, 2.75) is 37.8 Å². The van der Waals surface area contributed by atoms with Gasteiger partial charge in [0.2, 0.25) is 5.91 Å². The monoisotopic (exact) mass is 197 g/mol. The van der Waals surface area contributed by atoms with Gasteiger partial charge in [0.15, 0.2) is 0 Å². The zero-order valence-corrected chi connectivity index (χ0v) is 8.51. The van der Waals surface area contributed by atoms with Crippen LogP contribution in [0.15, 0.2) is 0 Å². The van der Waals surface area contributed by atoms with Crippen LogP contribution in [-0.2, 0) is 4.79 Å². The molecule has 2 rings (SSSR count). The van der Waals surface area contributed by atoms with Gasteiger partial charge >= 0.3 is 0 Å². The minimum atomic E-state index is 0.0740. The first-order valence-electron chi connectivity index (χ1n) is 5.61. The van der Waals surface area contributed by atoms with E-state index in [1.165, 1.54) is 0 Å². The topological polar surface area (TPSA) is 53.2 Å². The van der Waals surface area contributed by atoms with E-state index in [1.807, 2.05) is 0 Å². The highest BCUT2D eigenvalue weighted by Gasteiger charge is 2.24. The molecule has 14 heavy (non-hydrogen) atoms. The first-order chi connectivity index (χ1) is 6.86. The number of amides is 1. The van der Waals surface area contributed by atoms with E-state index >= 15 is 0 Å². The van der Waals surface area contributed by atoms with Crippen molar-refractivity contribution in [1.82, 2.24) is 16.0 Å². The van der Waals surface area contributed by atoms with Gasteiger partial charge in [0.1, 0.15) is 0 Å². The van der Waals surface area contributed by atoms with Crippen molar-refractivity contribution in [2.75, 3.05) is 19.6 Å². The third-order valence-electron chi connectivity index (χ3n) is 3.06. The predicted molar refractivity (Wildman–Crippen MR) is 55.1 cm³/mol. The first-order valence-corrected chi connectivity index (χ1v) is 5.61. The van der Waals surface area contributed by atoms with Crippen molar-refractivity contribution in [3.05, 3.63) is 0 Å². The summed E-state index contributed by atoms with van der Waals surface area (Å²) in [6, 6.07) is 0.469. The highest BCUT2D eigenvalue weighted by Crippen LogP contribution is 2.07. The average molecular weight is 197 g/mol. The van der Waals surface area contributed by atoms with E-state index in [0.29, 0.717) is 6.04 Å². The van der Waals surface area contributed by atoms with Crippen molar-refractivity contribution in [3.8, 4) is 0 Å². The number of hydrogen-bond donors (Lipinski definition) is 3. The number of carbonyl (C=O) groups excluding carboxylic acids is 1. The minimum absolute atomic E-state index is 0.0740. The molecular formula is C10H19N3O. The second-order valence-electron chi connectivity index (χ2n) is 4.18. The summed E-state index contributed by atoms with van der Waals surface area (Å²) in [6.07, 6.45) is 4.26. The molecule has 0 saturated carbocycles. The summed E-state index contributed by atoms with van der Waals surface area (Å²) in [5.74, 6) is 0.203. The zero-order chi connectivity index (χ0) is 9.80. The van der Waals surface area contributed by atoms with Crippen molar-refractivity contribution in [3.63, 3.8) is 0 Å². The molecule has 4 heteroatoms.